The van der Waals surface area contributed by atoms with Crippen molar-refractivity contribution < 1.29 is 21.6 Å². The molecule has 0 atom stereocenters. The fourth-order valence-corrected chi connectivity index (χ4v) is 1.94. The van der Waals surface area contributed by atoms with Crippen molar-refractivity contribution in [1.82, 2.24) is 9.78 Å². The van der Waals surface area contributed by atoms with E-state index in [-0.39, 0.29) is 0 Å². The van der Waals surface area contributed by atoms with Gasteiger partial charge in [0.15, 0.2) is 5.03 Å². The van der Waals surface area contributed by atoms with Gasteiger partial charge in [-0.2, -0.15) is 18.3 Å². The number of aromatic nitrogens is 2. The van der Waals surface area contributed by atoms with Gasteiger partial charge in [0, 0.05) is 10.7 Å². The monoisotopic (exact) mass is 262 g/mol. The van der Waals surface area contributed by atoms with Crippen LogP contribution in [0.2, 0.25) is 0 Å². The second-order valence-electron chi connectivity index (χ2n) is 2.70. The van der Waals surface area contributed by atoms with E-state index in [2.05, 4.69) is 5.10 Å². The van der Waals surface area contributed by atoms with Gasteiger partial charge >= 0.3 is 6.18 Å². The second kappa shape index (κ2) is 4.01. The highest BCUT2D eigenvalue weighted by molar-refractivity contribution is 8.13. The lowest BCUT2D eigenvalue weighted by molar-refractivity contribution is -0.137. The average Bonchev–Trinajstić information content (AvgIpc) is 2.45. The zero-order valence-electron chi connectivity index (χ0n) is 7.20. The number of aryl methyl sites for hydroxylation is 1. The van der Waals surface area contributed by atoms with Crippen molar-refractivity contribution in [3.8, 4) is 0 Å². The molecule has 1 heterocycles. The van der Waals surface area contributed by atoms with Crippen LogP contribution in [0.15, 0.2) is 17.3 Å². The van der Waals surface area contributed by atoms with Gasteiger partial charge < -0.3 is 0 Å². The molecule has 0 radical (unpaired) electrons. The Bertz CT molecular complexity index is 439. The van der Waals surface area contributed by atoms with E-state index in [1.54, 1.807) is 0 Å². The van der Waals surface area contributed by atoms with E-state index in [4.69, 9.17) is 10.7 Å². The number of hydrogen-bond donors (Lipinski definition) is 0. The fraction of sp³-hybridized carbons (Fsp3) is 0.500. The molecule has 0 aliphatic heterocycles. The summed E-state index contributed by atoms with van der Waals surface area (Å²) in [7, 11) is 0.933. The minimum atomic E-state index is -4.36. The summed E-state index contributed by atoms with van der Waals surface area (Å²) in [4.78, 5) is 0. The van der Waals surface area contributed by atoms with Crippen molar-refractivity contribution >= 4 is 19.7 Å². The SMILES string of the molecule is O=S(=O)(Cl)c1ccnn1CCC(F)(F)F. The molecule has 0 bridgehead atoms. The highest BCUT2D eigenvalue weighted by atomic mass is 35.7. The third kappa shape index (κ3) is 3.71. The van der Waals surface area contributed by atoms with Crippen molar-refractivity contribution in [3.63, 3.8) is 0 Å². The molecule has 0 amide bonds. The van der Waals surface area contributed by atoms with Crippen molar-refractivity contribution in [2.24, 2.45) is 0 Å². The predicted molar refractivity (Wildman–Crippen MR) is 45.9 cm³/mol. The summed E-state index contributed by atoms with van der Waals surface area (Å²) in [6.45, 7) is -0.572. The minimum Gasteiger partial charge on any atom is -0.253 e. The number of halogens is 4. The Labute approximate surface area is 88.1 Å². The third-order valence-electron chi connectivity index (χ3n) is 1.53. The van der Waals surface area contributed by atoms with Crippen LogP contribution in [0.5, 0.6) is 0 Å². The lowest BCUT2D eigenvalue weighted by Gasteiger charge is -2.07. The van der Waals surface area contributed by atoms with Crippen LogP contribution in [-0.2, 0) is 15.6 Å². The van der Waals surface area contributed by atoms with E-state index in [9.17, 15) is 21.6 Å². The van der Waals surface area contributed by atoms with Crippen LogP contribution in [0.1, 0.15) is 6.42 Å². The van der Waals surface area contributed by atoms with Gasteiger partial charge in [-0.25, -0.2) is 8.42 Å². The Kier molecular flexibility index (Phi) is 3.29. The van der Waals surface area contributed by atoms with E-state index in [1.165, 1.54) is 0 Å². The molecule has 0 spiro atoms. The highest BCUT2D eigenvalue weighted by Crippen LogP contribution is 2.22. The zero-order chi connectivity index (χ0) is 11.7. The molecule has 1 rings (SSSR count). The summed E-state index contributed by atoms with van der Waals surface area (Å²) in [5.41, 5.74) is 0. The third-order valence-corrected chi connectivity index (χ3v) is 2.86. The number of rotatable bonds is 3. The first kappa shape index (κ1) is 12.3. The van der Waals surface area contributed by atoms with Crippen LogP contribution in [0.3, 0.4) is 0 Å². The predicted octanol–water partition coefficient (Wildman–Crippen LogP) is 1.76. The molecule has 4 nitrogen and oxygen atoms in total. The van der Waals surface area contributed by atoms with E-state index < -0.39 is 33.2 Å². The Balaban J connectivity index is 2.84. The molecule has 1 aromatic rings. The lowest BCUT2D eigenvalue weighted by Crippen LogP contribution is -2.15. The second-order valence-corrected chi connectivity index (χ2v) is 5.21. The van der Waals surface area contributed by atoms with Crippen molar-refractivity contribution in [2.75, 3.05) is 0 Å². The smallest absolute Gasteiger partial charge is 0.253 e. The summed E-state index contributed by atoms with van der Waals surface area (Å²) in [5, 5.41) is 3.00. The molecule has 0 N–H and O–H groups in total. The maximum absolute atomic E-state index is 11.9. The summed E-state index contributed by atoms with van der Waals surface area (Å²) >= 11 is 0. The molecule has 0 aromatic carbocycles. The van der Waals surface area contributed by atoms with E-state index in [0.29, 0.717) is 4.68 Å². The normalized spacial score (nSPS) is 13.1. The van der Waals surface area contributed by atoms with Gasteiger partial charge in [-0.15, -0.1) is 0 Å². The van der Waals surface area contributed by atoms with E-state index in [0.717, 1.165) is 12.3 Å². The maximum Gasteiger partial charge on any atom is 0.390 e. The van der Waals surface area contributed by atoms with Crippen LogP contribution in [0.4, 0.5) is 13.2 Å². The largest absolute Gasteiger partial charge is 0.390 e. The first-order chi connectivity index (χ1) is 6.70. The van der Waals surface area contributed by atoms with E-state index in [1.807, 2.05) is 0 Å². The molecule has 0 saturated carbocycles. The quantitative estimate of drug-likeness (QED) is 0.780. The van der Waals surface area contributed by atoms with Crippen LogP contribution in [0, 0.1) is 0 Å². The van der Waals surface area contributed by atoms with Crippen LogP contribution >= 0.6 is 10.7 Å². The number of hydrogen-bond acceptors (Lipinski definition) is 3. The van der Waals surface area contributed by atoms with Gasteiger partial charge in [0.05, 0.1) is 19.2 Å². The highest BCUT2D eigenvalue weighted by Gasteiger charge is 2.28. The Hall–Kier alpha value is -0.760. The topological polar surface area (TPSA) is 52.0 Å². The van der Waals surface area contributed by atoms with Gasteiger partial charge in [-0.05, 0) is 6.07 Å². The van der Waals surface area contributed by atoms with Crippen LogP contribution < -0.4 is 0 Å². The van der Waals surface area contributed by atoms with E-state index >= 15 is 0 Å². The van der Waals surface area contributed by atoms with Crippen molar-refractivity contribution in [3.05, 3.63) is 12.3 Å². The van der Waals surface area contributed by atoms with Crippen LogP contribution in [0.25, 0.3) is 0 Å². The molecule has 0 unspecified atom stereocenters. The molecule has 0 saturated heterocycles. The van der Waals surface area contributed by atoms with Crippen LogP contribution in [-0.4, -0.2) is 24.4 Å². The summed E-state index contributed by atoms with van der Waals surface area (Å²) < 4.78 is 58.0. The first-order valence-corrected chi connectivity index (χ1v) is 6.04. The standard InChI is InChI=1S/C6H6ClF3N2O2S/c7-15(13,14)5-1-3-11-12(5)4-2-6(8,9)10/h1,3H,2,4H2. The number of nitrogens with zero attached hydrogens (tertiary/aromatic N) is 2. The van der Waals surface area contributed by atoms with Gasteiger partial charge in [-0.3, -0.25) is 4.68 Å². The molecule has 0 aliphatic rings. The summed E-state index contributed by atoms with van der Waals surface area (Å²) in [6.07, 6.45) is -4.45. The Morgan fingerprint density at radius 2 is 2.07 bits per heavy atom. The average molecular weight is 263 g/mol. The summed E-state index contributed by atoms with van der Waals surface area (Å²) in [5.74, 6) is 0. The molecule has 15 heavy (non-hydrogen) atoms. The molecule has 0 aliphatic carbocycles. The fourth-order valence-electron chi connectivity index (χ4n) is 0.928. The van der Waals surface area contributed by atoms with Gasteiger partial charge in [-0.1, -0.05) is 0 Å². The lowest BCUT2D eigenvalue weighted by atomic mass is 10.4. The van der Waals surface area contributed by atoms with Gasteiger partial charge in [0.1, 0.15) is 0 Å². The van der Waals surface area contributed by atoms with Gasteiger partial charge in [0.2, 0.25) is 0 Å². The minimum absolute atomic E-state index is 0.437. The first-order valence-electron chi connectivity index (χ1n) is 3.73. The Morgan fingerprint density at radius 3 is 2.53 bits per heavy atom. The zero-order valence-corrected chi connectivity index (χ0v) is 8.77. The maximum atomic E-state index is 11.9. The summed E-state index contributed by atoms with van der Waals surface area (Å²) in [6, 6.07) is 1.04. The van der Waals surface area contributed by atoms with Crippen molar-refractivity contribution in [2.45, 2.75) is 24.2 Å². The van der Waals surface area contributed by atoms with Gasteiger partial charge in [0.25, 0.3) is 9.05 Å². The molecule has 86 valence electrons. The van der Waals surface area contributed by atoms with Crippen molar-refractivity contribution in [1.29, 1.82) is 0 Å². The molecular formula is C6H6ClF3N2O2S. The molecular weight excluding hydrogens is 257 g/mol. The Morgan fingerprint density at radius 1 is 1.47 bits per heavy atom. The molecule has 1 aromatic heterocycles. The molecule has 0 fully saturated rings. The number of alkyl halides is 3. The molecule has 9 heteroatoms.